The van der Waals surface area contributed by atoms with Crippen molar-refractivity contribution in [2.75, 3.05) is 39.8 Å². The van der Waals surface area contributed by atoms with Gasteiger partial charge in [-0.15, -0.1) is 0 Å². The maximum Gasteiger partial charge on any atom is 0.222 e. The maximum atomic E-state index is 12.0. The summed E-state index contributed by atoms with van der Waals surface area (Å²) in [4.78, 5) is 27.9. The standard InChI is InChI=1S/C21H31N3O3/c1-27-19-6-4-18(5-7-19)16-23-12-8-17(9-13-23)15-22-20(25)10-14-24-11-2-3-21(24)26/h4-7,17H,2-3,8-16H2,1H3,(H,22,25). The number of carbonyl (C=O) groups excluding carboxylic acids is 2. The van der Waals surface area contributed by atoms with Crippen LogP contribution >= 0.6 is 0 Å². The van der Waals surface area contributed by atoms with E-state index in [0.717, 1.165) is 57.7 Å². The second-order valence-corrected chi connectivity index (χ2v) is 7.61. The van der Waals surface area contributed by atoms with Gasteiger partial charge in [0, 0.05) is 39.0 Å². The molecule has 1 aromatic carbocycles. The van der Waals surface area contributed by atoms with E-state index in [1.54, 1.807) is 12.0 Å². The summed E-state index contributed by atoms with van der Waals surface area (Å²) in [5.41, 5.74) is 1.30. The molecule has 6 heteroatoms. The Labute approximate surface area is 161 Å². The van der Waals surface area contributed by atoms with E-state index in [1.807, 2.05) is 12.1 Å². The van der Waals surface area contributed by atoms with Crippen LogP contribution in [0.2, 0.25) is 0 Å². The topological polar surface area (TPSA) is 61.9 Å². The molecule has 0 aliphatic carbocycles. The first kappa shape index (κ1) is 19.7. The minimum Gasteiger partial charge on any atom is -0.497 e. The van der Waals surface area contributed by atoms with Crippen LogP contribution < -0.4 is 10.1 Å². The van der Waals surface area contributed by atoms with Gasteiger partial charge in [-0.05, 0) is 56.0 Å². The zero-order valence-electron chi connectivity index (χ0n) is 16.3. The van der Waals surface area contributed by atoms with Gasteiger partial charge in [0.15, 0.2) is 0 Å². The number of benzene rings is 1. The smallest absolute Gasteiger partial charge is 0.222 e. The number of nitrogens with one attached hydrogen (secondary N) is 1. The van der Waals surface area contributed by atoms with Crippen LogP contribution in [0.1, 0.15) is 37.7 Å². The Morgan fingerprint density at radius 1 is 1.19 bits per heavy atom. The van der Waals surface area contributed by atoms with Crippen LogP contribution in [0.4, 0.5) is 0 Å². The van der Waals surface area contributed by atoms with Gasteiger partial charge in [-0.25, -0.2) is 0 Å². The van der Waals surface area contributed by atoms with Crippen molar-refractivity contribution in [1.82, 2.24) is 15.1 Å². The maximum absolute atomic E-state index is 12.0. The molecule has 0 aromatic heterocycles. The summed E-state index contributed by atoms with van der Waals surface area (Å²) < 4.78 is 5.20. The van der Waals surface area contributed by atoms with Crippen molar-refractivity contribution in [3.8, 4) is 5.75 Å². The molecule has 0 atom stereocenters. The minimum absolute atomic E-state index is 0.0652. The fourth-order valence-corrected chi connectivity index (χ4v) is 3.86. The lowest BCUT2D eigenvalue weighted by Gasteiger charge is -2.32. The molecule has 0 spiro atoms. The number of ether oxygens (including phenoxy) is 1. The molecule has 2 amide bonds. The number of hydrogen-bond donors (Lipinski definition) is 1. The average molecular weight is 373 g/mol. The van der Waals surface area contributed by atoms with E-state index in [4.69, 9.17) is 4.74 Å². The molecule has 1 aromatic rings. The van der Waals surface area contributed by atoms with Gasteiger partial charge >= 0.3 is 0 Å². The fraction of sp³-hybridized carbons (Fsp3) is 0.619. The van der Waals surface area contributed by atoms with Crippen LogP contribution in [0.15, 0.2) is 24.3 Å². The fourth-order valence-electron chi connectivity index (χ4n) is 3.86. The van der Waals surface area contributed by atoms with E-state index < -0.39 is 0 Å². The van der Waals surface area contributed by atoms with Crippen molar-refractivity contribution in [2.45, 2.75) is 38.6 Å². The Balaban J connectivity index is 1.30. The Morgan fingerprint density at radius 2 is 1.93 bits per heavy atom. The Kier molecular flexibility index (Phi) is 7.10. The van der Waals surface area contributed by atoms with Crippen molar-refractivity contribution < 1.29 is 14.3 Å². The molecule has 3 rings (SSSR count). The molecule has 2 aliphatic rings. The highest BCUT2D eigenvalue weighted by Crippen LogP contribution is 2.20. The molecular weight excluding hydrogens is 342 g/mol. The van der Waals surface area contributed by atoms with Gasteiger partial charge in [-0.2, -0.15) is 0 Å². The van der Waals surface area contributed by atoms with E-state index in [9.17, 15) is 9.59 Å². The molecule has 0 saturated carbocycles. The Hall–Kier alpha value is -2.08. The lowest BCUT2D eigenvalue weighted by Crippen LogP contribution is -2.39. The number of methoxy groups -OCH3 is 1. The number of hydrogen-bond acceptors (Lipinski definition) is 4. The molecule has 2 aliphatic heterocycles. The van der Waals surface area contributed by atoms with Crippen LogP contribution in [0, 0.1) is 5.92 Å². The molecular formula is C21H31N3O3. The lowest BCUT2D eigenvalue weighted by atomic mass is 9.96. The Bertz CT molecular complexity index is 624. The normalized spacial score (nSPS) is 18.7. The van der Waals surface area contributed by atoms with E-state index in [2.05, 4.69) is 22.3 Å². The zero-order chi connectivity index (χ0) is 19.1. The van der Waals surface area contributed by atoms with E-state index in [1.165, 1.54) is 5.56 Å². The number of carbonyl (C=O) groups is 2. The van der Waals surface area contributed by atoms with Gasteiger partial charge in [0.05, 0.1) is 7.11 Å². The summed E-state index contributed by atoms with van der Waals surface area (Å²) in [7, 11) is 1.69. The number of likely N-dealkylation sites (tertiary alicyclic amines) is 2. The molecule has 0 unspecified atom stereocenters. The number of nitrogens with zero attached hydrogens (tertiary/aromatic N) is 2. The van der Waals surface area contributed by atoms with E-state index in [-0.39, 0.29) is 11.8 Å². The number of piperidine rings is 1. The van der Waals surface area contributed by atoms with E-state index in [0.29, 0.717) is 25.3 Å². The van der Waals surface area contributed by atoms with Crippen molar-refractivity contribution in [3.05, 3.63) is 29.8 Å². The molecule has 0 bridgehead atoms. The van der Waals surface area contributed by atoms with Gasteiger partial charge in [-0.3, -0.25) is 14.5 Å². The first-order valence-corrected chi connectivity index (χ1v) is 10.0. The highest BCUT2D eigenvalue weighted by molar-refractivity contribution is 5.80. The van der Waals surface area contributed by atoms with Crippen molar-refractivity contribution in [1.29, 1.82) is 0 Å². The quantitative estimate of drug-likeness (QED) is 0.757. The van der Waals surface area contributed by atoms with Gasteiger partial charge in [0.1, 0.15) is 5.75 Å². The molecule has 2 fully saturated rings. The summed E-state index contributed by atoms with van der Waals surface area (Å²) in [6.07, 6.45) is 4.20. The lowest BCUT2D eigenvalue weighted by molar-refractivity contribution is -0.128. The highest BCUT2D eigenvalue weighted by Gasteiger charge is 2.22. The predicted molar refractivity (Wildman–Crippen MR) is 104 cm³/mol. The minimum atomic E-state index is 0.0652. The second-order valence-electron chi connectivity index (χ2n) is 7.61. The molecule has 148 valence electrons. The monoisotopic (exact) mass is 373 g/mol. The van der Waals surface area contributed by atoms with Gasteiger partial charge in [-0.1, -0.05) is 12.1 Å². The molecule has 6 nitrogen and oxygen atoms in total. The van der Waals surface area contributed by atoms with Gasteiger partial charge in [0.2, 0.25) is 11.8 Å². The van der Waals surface area contributed by atoms with Gasteiger partial charge < -0.3 is 15.0 Å². The van der Waals surface area contributed by atoms with Gasteiger partial charge in [0.25, 0.3) is 0 Å². The molecule has 2 saturated heterocycles. The van der Waals surface area contributed by atoms with Crippen LogP contribution in [-0.2, 0) is 16.1 Å². The first-order valence-electron chi connectivity index (χ1n) is 10.0. The highest BCUT2D eigenvalue weighted by atomic mass is 16.5. The summed E-state index contributed by atoms with van der Waals surface area (Å²) in [6, 6.07) is 8.26. The third-order valence-electron chi connectivity index (χ3n) is 5.64. The molecule has 27 heavy (non-hydrogen) atoms. The van der Waals surface area contributed by atoms with Crippen molar-refractivity contribution >= 4 is 11.8 Å². The van der Waals surface area contributed by atoms with E-state index >= 15 is 0 Å². The summed E-state index contributed by atoms with van der Waals surface area (Å²) in [6.45, 7) is 5.21. The van der Waals surface area contributed by atoms with Crippen LogP contribution in [0.25, 0.3) is 0 Å². The van der Waals surface area contributed by atoms with Crippen LogP contribution in [0.5, 0.6) is 5.75 Å². The molecule has 2 heterocycles. The third-order valence-corrected chi connectivity index (χ3v) is 5.64. The largest absolute Gasteiger partial charge is 0.497 e. The average Bonchev–Trinajstić information content (AvgIpc) is 3.11. The second kappa shape index (κ2) is 9.74. The van der Waals surface area contributed by atoms with Crippen molar-refractivity contribution in [3.63, 3.8) is 0 Å². The third kappa shape index (κ3) is 5.96. The summed E-state index contributed by atoms with van der Waals surface area (Å²) >= 11 is 0. The first-order chi connectivity index (χ1) is 13.1. The van der Waals surface area contributed by atoms with Crippen LogP contribution in [-0.4, -0.2) is 61.4 Å². The summed E-state index contributed by atoms with van der Waals surface area (Å²) in [5.74, 6) is 1.69. The van der Waals surface area contributed by atoms with Crippen molar-refractivity contribution in [2.24, 2.45) is 5.92 Å². The number of rotatable bonds is 8. The summed E-state index contributed by atoms with van der Waals surface area (Å²) in [5, 5.41) is 3.06. The zero-order valence-corrected chi connectivity index (χ0v) is 16.3. The van der Waals surface area contributed by atoms with Crippen LogP contribution in [0.3, 0.4) is 0 Å². The SMILES string of the molecule is COc1ccc(CN2CCC(CNC(=O)CCN3CCCC3=O)CC2)cc1. The molecule has 1 N–H and O–H groups in total. The predicted octanol–water partition coefficient (Wildman–Crippen LogP) is 2.04. The number of amides is 2. The molecule has 0 radical (unpaired) electrons. The Morgan fingerprint density at radius 3 is 2.56 bits per heavy atom.